The first-order chi connectivity index (χ1) is 8.02. The predicted octanol–water partition coefficient (Wildman–Crippen LogP) is 1.07. The lowest BCUT2D eigenvalue weighted by Gasteiger charge is -2.28. The number of pyridine rings is 1. The standard InChI is InChI=1S/C12H18N2O3/c1-3-6-12(2,8-15)14-11(17)10-9(16)5-4-7-13-10/h4-5,7,15-16H,3,6,8H2,1-2H3,(H,14,17). The number of aliphatic hydroxyl groups excluding tert-OH is 1. The average molecular weight is 238 g/mol. The Morgan fingerprint density at radius 2 is 2.29 bits per heavy atom. The van der Waals surface area contributed by atoms with E-state index in [0.29, 0.717) is 6.42 Å². The van der Waals surface area contributed by atoms with Crippen molar-refractivity contribution in [2.75, 3.05) is 6.61 Å². The molecule has 1 atom stereocenters. The summed E-state index contributed by atoms with van der Waals surface area (Å²) in [7, 11) is 0. The van der Waals surface area contributed by atoms with Crippen molar-refractivity contribution in [3.05, 3.63) is 24.0 Å². The van der Waals surface area contributed by atoms with Gasteiger partial charge in [0.05, 0.1) is 12.1 Å². The van der Waals surface area contributed by atoms with E-state index in [2.05, 4.69) is 10.3 Å². The van der Waals surface area contributed by atoms with E-state index in [1.54, 1.807) is 13.0 Å². The molecule has 17 heavy (non-hydrogen) atoms. The SMILES string of the molecule is CCCC(C)(CO)NC(=O)c1ncccc1O. The van der Waals surface area contributed by atoms with Gasteiger partial charge in [-0.2, -0.15) is 0 Å². The van der Waals surface area contributed by atoms with Gasteiger partial charge in [-0.05, 0) is 25.5 Å². The summed E-state index contributed by atoms with van der Waals surface area (Å²) in [6.45, 7) is 3.58. The van der Waals surface area contributed by atoms with Crippen LogP contribution in [0, 0.1) is 0 Å². The molecule has 1 heterocycles. The highest BCUT2D eigenvalue weighted by Gasteiger charge is 2.26. The molecular weight excluding hydrogens is 220 g/mol. The van der Waals surface area contributed by atoms with E-state index in [1.807, 2.05) is 6.92 Å². The second kappa shape index (κ2) is 5.63. The Morgan fingerprint density at radius 3 is 2.82 bits per heavy atom. The fourth-order valence-corrected chi connectivity index (χ4v) is 1.64. The highest BCUT2D eigenvalue weighted by Crippen LogP contribution is 2.16. The number of aromatic nitrogens is 1. The largest absolute Gasteiger partial charge is 0.505 e. The summed E-state index contributed by atoms with van der Waals surface area (Å²) in [6.07, 6.45) is 2.93. The summed E-state index contributed by atoms with van der Waals surface area (Å²) >= 11 is 0. The minimum absolute atomic E-state index is 0.0247. The van der Waals surface area contributed by atoms with Crippen molar-refractivity contribution >= 4 is 5.91 Å². The Balaban J connectivity index is 2.82. The zero-order valence-corrected chi connectivity index (χ0v) is 10.1. The smallest absolute Gasteiger partial charge is 0.274 e. The van der Waals surface area contributed by atoms with E-state index in [9.17, 15) is 15.0 Å². The molecular formula is C12H18N2O3. The van der Waals surface area contributed by atoms with E-state index in [-0.39, 0.29) is 18.1 Å². The minimum atomic E-state index is -0.685. The first-order valence-electron chi connectivity index (χ1n) is 5.60. The molecule has 1 rings (SSSR count). The molecule has 0 fully saturated rings. The van der Waals surface area contributed by atoms with Crippen LogP contribution in [0.2, 0.25) is 0 Å². The summed E-state index contributed by atoms with van der Waals surface area (Å²) in [5.41, 5.74) is -0.709. The molecule has 0 aromatic carbocycles. The molecule has 0 spiro atoms. The molecule has 1 amide bonds. The fourth-order valence-electron chi connectivity index (χ4n) is 1.64. The quantitative estimate of drug-likeness (QED) is 0.716. The Morgan fingerprint density at radius 1 is 1.59 bits per heavy atom. The van der Waals surface area contributed by atoms with Crippen molar-refractivity contribution in [3.63, 3.8) is 0 Å². The van der Waals surface area contributed by atoms with Crippen LogP contribution in [0.25, 0.3) is 0 Å². The van der Waals surface area contributed by atoms with Crippen LogP contribution in [-0.4, -0.2) is 33.3 Å². The molecule has 1 aromatic heterocycles. The number of aromatic hydroxyl groups is 1. The molecule has 0 aliphatic heterocycles. The van der Waals surface area contributed by atoms with E-state index < -0.39 is 11.4 Å². The van der Waals surface area contributed by atoms with Crippen LogP contribution in [0.4, 0.5) is 0 Å². The van der Waals surface area contributed by atoms with Crippen LogP contribution < -0.4 is 5.32 Å². The second-order valence-electron chi connectivity index (χ2n) is 4.29. The third-order valence-electron chi connectivity index (χ3n) is 2.57. The van der Waals surface area contributed by atoms with Crippen LogP contribution in [0.15, 0.2) is 18.3 Å². The summed E-state index contributed by atoms with van der Waals surface area (Å²) in [5, 5.41) is 21.5. The summed E-state index contributed by atoms with van der Waals surface area (Å²) in [4.78, 5) is 15.7. The highest BCUT2D eigenvalue weighted by atomic mass is 16.3. The summed E-state index contributed by atoms with van der Waals surface area (Å²) in [5.74, 6) is -0.644. The van der Waals surface area contributed by atoms with Crippen molar-refractivity contribution in [1.82, 2.24) is 10.3 Å². The number of carbonyl (C=O) groups is 1. The maximum atomic E-state index is 11.9. The number of nitrogens with one attached hydrogen (secondary N) is 1. The Bertz CT molecular complexity index is 395. The highest BCUT2D eigenvalue weighted by molar-refractivity contribution is 5.95. The molecule has 0 saturated carbocycles. The lowest BCUT2D eigenvalue weighted by Crippen LogP contribution is -2.49. The number of nitrogens with zero attached hydrogens (tertiary/aromatic N) is 1. The molecule has 0 radical (unpaired) electrons. The van der Waals surface area contributed by atoms with Crippen molar-refractivity contribution in [2.24, 2.45) is 0 Å². The number of aliphatic hydroxyl groups is 1. The van der Waals surface area contributed by atoms with E-state index in [4.69, 9.17) is 0 Å². The van der Waals surface area contributed by atoms with Gasteiger partial charge in [0.2, 0.25) is 0 Å². The fraction of sp³-hybridized carbons (Fsp3) is 0.500. The first kappa shape index (κ1) is 13.4. The number of hydrogen-bond acceptors (Lipinski definition) is 4. The second-order valence-corrected chi connectivity index (χ2v) is 4.29. The lowest BCUT2D eigenvalue weighted by molar-refractivity contribution is 0.0833. The first-order valence-corrected chi connectivity index (χ1v) is 5.60. The zero-order chi connectivity index (χ0) is 12.9. The molecule has 1 unspecified atom stereocenters. The predicted molar refractivity (Wildman–Crippen MR) is 63.8 cm³/mol. The Kier molecular flexibility index (Phi) is 4.45. The molecule has 0 aliphatic rings. The lowest BCUT2D eigenvalue weighted by atomic mass is 9.97. The van der Waals surface area contributed by atoms with Gasteiger partial charge < -0.3 is 15.5 Å². The molecule has 5 nitrogen and oxygen atoms in total. The number of carbonyl (C=O) groups excluding carboxylic acids is 1. The van der Waals surface area contributed by atoms with Gasteiger partial charge in [0.1, 0.15) is 5.75 Å². The van der Waals surface area contributed by atoms with Crippen molar-refractivity contribution in [1.29, 1.82) is 0 Å². The van der Waals surface area contributed by atoms with Gasteiger partial charge in [0.25, 0.3) is 5.91 Å². The van der Waals surface area contributed by atoms with Gasteiger partial charge in [-0.1, -0.05) is 13.3 Å². The summed E-state index contributed by atoms with van der Waals surface area (Å²) < 4.78 is 0. The monoisotopic (exact) mass is 238 g/mol. The maximum Gasteiger partial charge on any atom is 0.274 e. The third-order valence-corrected chi connectivity index (χ3v) is 2.57. The number of rotatable bonds is 5. The average Bonchev–Trinajstić information content (AvgIpc) is 2.29. The molecule has 3 N–H and O–H groups in total. The molecule has 1 aromatic rings. The molecule has 5 heteroatoms. The van der Waals surface area contributed by atoms with Crippen molar-refractivity contribution in [3.8, 4) is 5.75 Å². The van der Waals surface area contributed by atoms with Crippen LogP contribution in [0.5, 0.6) is 5.75 Å². The van der Waals surface area contributed by atoms with Crippen molar-refractivity contribution in [2.45, 2.75) is 32.2 Å². The van der Waals surface area contributed by atoms with Gasteiger partial charge in [-0.25, -0.2) is 4.98 Å². The van der Waals surface area contributed by atoms with Crippen LogP contribution in [-0.2, 0) is 0 Å². The number of amides is 1. The maximum absolute atomic E-state index is 11.9. The molecule has 94 valence electrons. The van der Waals surface area contributed by atoms with E-state index in [1.165, 1.54) is 12.3 Å². The Labute approximate surface area is 101 Å². The van der Waals surface area contributed by atoms with Crippen LogP contribution >= 0.6 is 0 Å². The molecule has 0 saturated heterocycles. The summed E-state index contributed by atoms with van der Waals surface area (Å²) in [6, 6.07) is 2.95. The zero-order valence-electron chi connectivity index (χ0n) is 10.1. The van der Waals surface area contributed by atoms with Crippen molar-refractivity contribution < 1.29 is 15.0 Å². The molecule has 0 aliphatic carbocycles. The number of hydrogen-bond donors (Lipinski definition) is 3. The Hall–Kier alpha value is -1.62. The molecule has 0 bridgehead atoms. The minimum Gasteiger partial charge on any atom is -0.505 e. The van der Waals surface area contributed by atoms with E-state index in [0.717, 1.165) is 6.42 Å². The normalized spacial score (nSPS) is 14.1. The van der Waals surface area contributed by atoms with Gasteiger partial charge in [-0.15, -0.1) is 0 Å². The van der Waals surface area contributed by atoms with Crippen LogP contribution in [0.1, 0.15) is 37.2 Å². The van der Waals surface area contributed by atoms with Gasteiger partial charge in [0.15, 0.2) is 5.69 Å². The van der Waals surface area contributed by atoms with Gasteiger partial charge in [0, 0.05) is 6.20 Å². The van der Waals surface area contributed by atoms with Gasteiger partial charge in [-0.3, -0.25) is 4.79 Å². The van der Waals surface area contributed by atoms with Crippen LogP contribution in [0.3, 0.4) is 0 Å². The van der Waals surface area contributed by atoms with Gasteiger partial charge >= 0.3 is 0 Å². The van der Waals surface area contributed by atoms with E-state index >= 15 is 0 Å². The third kappa shape index (κ3) is 3.42. The topological polar surface area (TPSA) is 82.5 Å².